The van der Waals surface area contributed by atoms with E-state index in [2.05, 4.69) is 0 Å². The largest absolute Gasteiger partial charge is 0.331 e. The predicted molar refractivity (Wildman–Crippen MR) is 191 cm³/mol. The van der Waals surface area contributed by atoms with E-state index in [-0.39, 0.29) is 18.2 Å². The van der Waals surface area contributed by atoms with Crippen LogP contribution < -0.4 is 22.9 Å². The molecule has 2 aliphatic carbocycles. The highest BCUT2D eigenvalue weighted by atomic mass is 16.2. The smallest absolute Gasteiger partial charge is 0.240 e. The van der Waals surface area contributed by atoms with Gasteiger partial charge in [-0.15, -0.1) is 0 Å². The van der Waals surface area contributed by atoms with Gasteiger partial charge in [-0.25, -0.2) is 0 Å². The van der Waals surface area contributed by atoms with E-state index >= 15 is 9.59 Å². The number of aryl methyl sites for hydroxylation is 1. The third-order valence-electron chi connectivity index (χ3n) is 11.7. The lowest BCUT2D eigenvalue weighted by atomic mass is 9.51. The molecule has 49 heavy (non-hydrogen) atoms. The van der Waals surface area contributed by atoms with Crippen LogP contribution in [0.1, 0.15) is 121 Å². The maximum atomic E-state index is 15.4. The summed E-state index contributed by atoms with van der Waals surface area (Å²) in [5.74, 6) is -2.76. The van der Waals surface area contributed by atoms with E-state index in [1.54, 1.807) is 0 Å². The van der Waals surface area contributed by atoms with Crippen molar-refractivity contribution in [1.29, 1.82) is 0 Å². The van der Waals surface area contributed by atoms with Crippen molar-refractivity contribution in [1.82, 2.24) is 4.90 Å². The molecule has 0 bridgehead atoms. The number of carbonyl (C=O) groups is 4. The number of ketones is 3. The molecule has 3 aliphatic rings. The molecule has 4 rings (SSSR count). The SMILES string of the molecule is NCCCC[C@H](N)C(=O)N1CCC[C@H]1C(=O)C(C(=O)CCCc1ccccc1)(C1CCCCC1)[C@](N)([C]=O)C(=O)[C@H](N)CC1CCCCC1. The lowest BCUT2D eigenvalue weighted by Crippen LogP contribution is -2.75. The Labute approximate surface area is 292 Å². The number of nitrogens with zero attached hydrogens (tertiary/aromatic N) is 1. The maximum Gasteiger partial charge on any atom is 0.240 e. The molecule has 1 radical (unpaired) electrons. The number of likely N-dealkylation sites (tertiary alicyclic amines) is 1. The Morgan fingerprint density at radius 2 is 1.49 bits per heavy atom. The van der Waals surface area contributed by atoms with Crippen LogP contribution in [0.2, 0.25) is 0 Å². The molecule has 271 valence electrons. The number of nitrogens with two attached hydrogens (primary N) is 4. The van der Waals surface area contributed by atoms with Crippen LogP contribution in [0.15, 0.2) is 30.3 Å². The lowest BCUT2D eigenvalue weighted by molar-refractivity contribution is -0.159. The Bertz CT molecular complexity index is 1260. The van der Waals surface area contributed by atoms with Crippen molar-refractivity contribution in [3.05, 3.63) is 35.9 Å². The molecule has 1 aromatic rings. The summed E-state index contributed by atoms with van der Waals surface area (Å²) in [6, 6.07) is 6.73. The van der Waals surface area contributed by atoms with Gasteiger partial charge in [-0.05, 0) is 81.7 Å². The number of hydrogen-bond donors (Lipinski definition) is 4. The highest BCUT2D eigenvalue weighted by molar-refractivity contribution is 6.22. The van der Waals surface area contributed by atoms with Crippen LogP contribution >= 0.6 is 0 Å². The first-order valence-electron chi connectivity index (χ1n) is 19.0. The lowest BCUT2D eigenvalue weighted by Gasteiger charge is -2.50. The highest BCUT2D eigenvalue weighted by Crippen LogP contribution is 2.50. The Morgan fingerprint density at radius 1 is 0.837 bits per heavy atom. The fourth-order valence-electron chi connectivity index (χ4n) is 9.05. The summed E-state index contributed by atoms with van der Waals surface area (Å²) in [7, 11) is 0. The van der Waals surface area contributed by atoms with Crippen LogP contribution in [0.3, 0.4) is 0 Å². The molecule has 1 heterocycles. The van der Waals surface area contributed by atoms with Crippen molar-refractivity contribution < 1.29 is 24.0 Å². The number of amides is 1. The quantitative estimate of drug-likeness (QED) is 0.124. The molecule has 8 N–H and O–H groups in total. The molecule has 0 spiro atoms. The molecule has 1 aromatic carbocycles. The normalized spacial score (nSPS) is 22.9. The van der Waals surface area contributed by atoms with Gasteiger partial charge in [-0.3, -0.25) is 24.0 Å². The highest BCUT2D eigenvalue weighted by Gasteiger charge is 2.68. The van der Waals surface area contributed by atoms with Gasteiger partial charge in [0.1, 0.15) is 11.2 Å². The van der Waals surface area contributed by atoms with E-state index in [1.807, 2.05) is 36.6 Å². The molecule has 1 aliphatic heterocycles. The van der Waals surface area contributed by atoms with Crippen LogP contribution in [0.4, 0.5) is 0 Å². The van der Waals surface area contributed by atoms with Crippen molar-refractivity contribution in [2.75, 3.05) is 13.1 Å². The van der Waals surface area contributed by atoms with E-state index in [9.17, 15) is 14.4 Å². The van der Waals surface area contributed by atoms with Crippen LogP contribution in [-0.4, -0.2) is 71.2 Å². The van der Waals surface area contributed by atoms with E-state index < -0.39 is 52.3 Å². The fourth-order valence-corrected chi connectivity index (χ4v) is 9.05. The van der Waals surface area contributed by atoms with E-state index in [0.29, 0.717) is 70.9 Å². The summed E-state index contributed by atoms with van der Waals surface area (Å²) in [5, 5.41) is 0. The van der Waals surface area contributed by atoms with Crippen molar-refractivity contribution in [3.63, 3.8) is 0 Å². The first-order chi connectivity index (χ1) is 23.6. The Hall–Kier alpha value is -2.79. The average molecular weight is 679 g/mol. The first-order valence-corrected chi connectivity index (χ1v) is 19.0. The van der Waals surface area contributed by atoms with Gasteiger partial charge in [-0.2, -0.15) is 0 Å². The van der Waals surface area contributed by atoms with Crippen molar-refractivity contribution in [3.8, 4) is 0 Å². The number of carbonyl (C=O) groups excluding carboxylic acids is 5. The molecular formula is C39H60N5O5. The predicted octanol–water partition coefficient (Wildman–Crippen LogP) is 3.84. The number of rotatable bonds is 19. The molecule has 5 atom stereocenters. The summed E-state index contributed by atoms with van der Waals surface area (Å²) in [6.45, 7) is 0.778. The van der Waals surface area contributed by atoms with Gasteiger partial charge in [0.15, 0.2) is 17.1 Å². The van der Waals surface area contributed by atoms with Crippen LogP contribution in [0.5, 0.6) is 0 Å². The topological polar surface area (TPSA) is 193 Å². The Kier molecular flexibility index (Phi) is 14.7. The summed E-state index contributed by atoms with van der Waals surface area (Å²) in [6.07, 6.45) is 14.1. The van der Waals surface area contributed by atoms with Gasteiger partial charge in [0.05, 0.1) is 18.1 Å². The van der Waals surface area contributed by atoms with Crippen molar-refractivity contribution in [2.45, 2.75) is 146 Å². The Balaban J connectivity index is 1.77. The van der Waals surface area contributed by atoms with Gasteiger partial charge in [-0.1, -0.05) is 88.1 Å². The number of hydrogen-bond acceptors (Lipinski definition) is 9. The number of benzene rings is 1. The molecule has 2 saturated carbocycles. The molecule has 1 saturated heterocycles. The zero-order valence-electron chi connectivity index (χ0n) is 29.4. The monoisotopic (exact) mass is 678 g/mol. The van der Waals surface area contributed by atoms with Crippen LogP contribution in [0, 0.1) is 17.3 Å². The van der Waals surface area contributed by atoms with Crippen LogP contribution in [0.25, 0.3) is 0 Å². The van der Waals surface area contributed by atoms with Crippen LogP contribution in [-0.2, 0) is 30.4 Å². The second-order valence-corrected chi connectivity index (χ2v) is 15.0. The zero-order valence-corrected chi connectivity index (χ0v) is 29.4. The molecule has 10 heteroatoms. The van der Waals surface area contributed by atoms with Gasteiger partial charge >= 0.3 is 0 Å². The number of unbranched alkanes of at least 4 members (excludes halogenated alkanes) is 1. The first kappa shape index (κ1) is 39.0. The standard InChI is InChI=1S/C39H60N5O5/c40-24-11-10-21-31(41)37(49)44-25-13-22-33(44)36(48)39(30-19-8-3-9-20-30,34(46)23-12-18-28-14-4-1-5-15-28)38(43,27-45)35(47)32(42)26-29-16-6-2-7-17-29/h1,4-5,14-15,29-33H,2-3,6-13,16-26,40-43H2/t31-,32+,33-,38-,39?/m0/s1. The molecule has 0 aromatic heterocycles. The molecule has 1 amide bonds. The van der Waals surface area contributed by atoms with E-state index in [4.69, 9.17) is 22.9 Å². The number of Topliss-reactive ketones (excluding diaryl/α,β-unsaturated/α-hetero) is 3. The molecule has 3 fully saturated rings. The van der Waals surface area contributed by atoms with Gasteiger partial charge in [0.25, 0.3) is 0 Å². The molecular weight excluding hydrogens is 618 g/mol. The summed E-state index contributed by atoms with van der Waals surface area (Å²) in [5.41, 5.74) is 21.9. The minimum absolute atomic E-state index is 0.0534. The van der Waals surface area contributed by atoms with Gasteiger partial charge in [0, 0.05) is 13.0 Å². The second kappa shape index (κ2) is 18.4. The zero-order chi connectivity index (χ0) is 35.4. The minimum atomic E-state index is -2.59. The van der Waals surface area contributed by atoms with Gasteiger partial charge < -0.3 is 27.8 Å². The van der Waals surface area contributed by atoms with Crippen molar-refractivity contribution >= 4 is 29.5 Å². The van der Waals surface area contributed by atoms with Gasteiger partial charge in [0.2, 0.25) is 12.2 Å². The third-order valence-corrected chi connectivity index (χ3v) is 11.7. The third kappa shape index (κ3) is 8.75. The van der Waals surface area contributed by atoms with Crippen molar-refractivity contribution in [2.24, 2.45) is 40.2 Å². The minimum Gasteiger partial charge on any atom is -0.331 e. The fraction of sp³-hybridized carbons (Fsp3) is 0.718. The molecule has 10 nitrogen and oxygen atoms in total. The second-order valence-electron chi connectivity index (χ2n) is 15.0. The summed E-state index contributed by atoms with van der Waals surface area (Å²) < 4.78 is 0. The summed E-state index contributed by atoms with van der Waals surface area (Å²) >= 11 is 0. The van der Waals surface area contributed by atoms with E-state index in [1.165, 1.54) is 4.90 Å². The average Bonchev–Trinajstić information content (AvgIpc) is 3.62. The summed E-state index contributed by atoms with van der Waals surface area (Å²) in [4.78, 5) is 73.8. The maximum absolute atomic E-state index is 15.4. The molecule has 1 unspecified atom stereocenters. The van der Waals surface area contributed by atoms with E-state index in [0.717, 1.165) is 63.4 Å². The Morgan fingerprint density at radius 3 is 2.12 bits per heavy atom.